The van der Waals surface area contributed by atoms with Gasteiger partial charge in [-0.25, -0.2) is 9.55 Å². The van der Waals surface area contributed by atoms with Crippen molar-refractivity contribution in [2.75, 3.05) is 11.7 Å². The van der Waals surface area contributed by atoms with Crippen molar-refractivity contribution in [3.63, 3.8) is 0 Å². The van der Waals surface area contributed by atoms with Gasteiger partial charge in [-0.15, -0.1) is 11.3 Å². The van der Waals surface area contributed by atoms with Crippen molar-refractivity contribution in [3.05, 3.63) is 29.4 Å². The summed E-state index contributed by atoms with van der Waals surface area (Å²) in [4.78, 5) is 18.2. The van der Waals surface area contributed by atoms with E-state index in [9.17, 15) is 9.46 Å². The molecule has 8 heteroatoms. The third-order valence-electron chi connectivity index (χ3n) is 2.68. The predicted molar refractivity (Wildman–Crippen MR) is 84.4 cm³/mol. The molecule has 2 heterocycles. The van der Waals surface area contributed by atoms with Gasteiger partial charge in [0.1, 0.15) is 10.8 Å². The zero-order chi connectivity index (χ0) is 15.3. The van der Waals surface area contributed by atoms with Gasteiger partial charge in [-0.3, -0.25) is 14.6 Å². The van der Waals surface area contributed by atoms with Crippen molar-refractivity contribution in [2.24, 2.45) is 0 Å². The van der Waals surface area contributed by atoms with E-state index in [0.29, 0.717) is 5.82 Å². The molecule has 6 nitrogen and oxygen atoms in total. The molecule has 0 amide bonds. The van der Waals surface area contributed by atoms with Gasteiger partial charge in [0, 0.05) is 22.8 Å². The van der Waals surface area contributed by atoms with Crippen LogP contribution in [0.3, 0.4) is 0 Å². The van der Waals surface area contributed by atoms with Crippen LogP contribution in [-0.2, 0) is 9.09 Å². The third-order valence-corrected chi connectivity index (χ3v) is 4.62. The van der Waals surface area contributed by atoms with Crippen molar-refractivity contribution < 1.29 is 14.0 Å². The minimum Gasteiger partial charge on any atom is -0.308 e. The second kappa shape index (κ2) is 7.13. The summed E-state index contributed by atoms with van der Waals surface area (Å²) in [6, 6.07) is 3.82. The molecule has 0 bridgehead atoms. The highest BCUT2D eigenvalue weighted by molar-refractivity contribution is 7.54. The van der Waals surface area contributed by atoms with E-state index in [-0.39, 0.29) is 6.61 Å². The Hall–Kier alpha value is -1.27. The SMILES string of the molecule is CCCCOP(=O)(O)Nc1csc(-c2ccc(C)nc2)n1. The van der Waals surface area contributed by atoms with Gasteiger partial charge in [-0.2, -0.15) is 0 Å². The van der Waals surface area contributed by atoms with Crippen LogP contribution in [0, 0.1) is 6.92 Å². The molecular weight excluding hydrogens is 309 g/mol. The Kier molecular flexibility index (Phi) is 5.47. The summed E-state index contributed by atoms with van der Waals surface area (Å²) in [5, 5.41) is 4.86. The molecular formula is C13H18N3O3PS. The normalized spacial score (nSPS) is 13.9. The lowest BCUT2D eigenvalue weighted by atomic mass is 10.3. The monoisotopic (exact) mass is 327 g/mol. The molecule has 0 fully saturated rings. The number of pyridine rings is 1. The van der Waals surface area contributed by atoms with Crippen molar-refractivity contribution in [1.82, 2.24) is 9.97 Å². The number of rotatable bonds is 7. The number of aromatic nitrogens is 2. The van der Waals surface area contributed by atoms with Crippen LogP contribution in [0.5, 0.6) is 0 Å². The Labute approximate surface area is 127 Å². The fourth-order valence-electron chi connectivity index (χ4n) is 1.56. The Morgan fingerprint density at radius 2 is 2.29 bits per heavy atom. The summed E-state index contributed by atoms with van der Waals surface area (Å²) >= 11 is 1.38. The van der Waals surface area contributed by atoms with Crippen LogP contribution in [0.1, 0.15) is 25.5 Å². The van der Waals surface area contributed by atoms with Crippen molar-refractivity contribution >= 4 is 24.9 Å². The fraction of sp³-hybridized carbons (Fsp3) is 0.385. The van der Waals surface area contributed by atoms with Gasteiger partial charge in [0.15, 0.2) is 0 Å². The predicted octanol–water partition coefficient (Wildman–Crippen LogP) is 3.84. The van der Waals surface area contributed by atoms with E-state index < -0.39 is 7.75 Å². The second-order valence-electron chi connectivity index (χ2n) is 4.55. The number of thiazole rings is 1. The summed E-state index contributed by atoms with van der Waals surface area (Å²) in [5.41, 5.74) is 1.80. The molecule has 1 atom stereocenters. The van der Waals surface area contributed by atoms with Crippen LogP contribution in [0.2, 0.25) is 0 Å². The first-order valence-corrected chi connectivity index (χ1v) is 9.10. The summed E-state index contributed by atoms with van der Waals surface area (Å²) in [6.45, 7) is 4.14. The zero-order valence-electron chi connectivity index (χ0n) is 11.9. The highest BCUT2D eigenvalue weighted by Gasteiger charge is 2.20. The van der Waals surface area contributed by atoms with E-state index in [1.54, 1.807) is 11.6 Å². The summed E-state index contributed by atoms with van der Waals surface area (Å²) in [6.07, 6.45) is 3.37. The van der Waals surface area contributed by atoms with E-state index >= 15 is 0 Å². The molecule has 21 heavy (non-hydrogen) atoms. The topological polar surface area (TPSA) is 84.3 Å². The van der Waals surface area contributed by atoms with Crippen LogP contribution < -0.4 is 5.09 Å². The molecule has 0 saturated heterocycles. The molecule has 0 aliphatic carbocycles. The Morgan fingerprint density at radius 1 is 1.48 bits per heavy atom. The van der Waals surface area contributed by atoms with E-state index in [2.05, 4.69) is 15.1 Å². The number of nitrogens with one attached hydrogen (secondary N) is 1. The first-order valence-electron chi connectivity index (χ1n) is 6.64. The molecule has 1 unspecified atom stereocenters. The maximum Gasteiger partial charge on any atom is 0.431 e. The molecule has 0 aliphatic rings. The minimum atomic E-state index is -3.85. The Morgan fingerprint density at radius 3 is 2.95 bits per heavy atom. The molecule has 0 spiro atoms. The molecule has 0 aliphatic heterocycles. The van der Waals surface area contributed by atoms with E-state index in [0.717, 1.165) is 29.1 Å². The maximum absolute atomic E-state index is 11.8. The average Bonchev–Trinajstić information content (AvgIpc) is 2.87. The molecule has 2 aromatic heterocycles. The number of unbranched alkanes of at least 4 members (excludes halogenated alkanes) is 1. The summed E-state index contributed by atoms with van der Waals surface area (Å²) in [7, 11) is -3.85. The fourth-order valence-corrected chi connectivity index (χ4v) is 3.24. The first kappa shape index (κ1) is 16.1. The average molecular weight is 327 g/mol. The van der Waals surface area contributed by atoms with Gasteiger partial charge in [-0.05, 0) is 25.5 Å². The van der Waals surface area contributed by atoms with Crippen LogP contribution in [0.25, 0.3) is 10.6 Å². The van der Waals surface area contributed by atoms with Gasteiger partial charge >= 0.3 is 7.75 Å². The third kappa shape index (κ3) is 4.89. The number of aryl methyl sites for hydroxylation is 1. The minimum absolute atomic E-state index is 0.246. The quantitative estimate of drug-likeness (QED) is 0.594. The Balaban J connectivity index is 2.03. The molecule has 0 aromatic carbocycles. The van der Waals surface area contributed by atoms with Crippen molar-refractivity contribution in [3.8, 4) is 10.6 Å². The molecule has 0 saturated carbocycles. The van der Waals surface area contributed by atoms with Gasteiger partial charge in [0.05, 0.1) is 6.61 Å². The van der Waals surface area contributed by atoms with E-state index in [4.69, 9.17) is 4.52 Å². The Bertz CT molecular complexity index is 630. The van der Waals surface area contributed by atoms with Gasteiger partial charge < -0.3 is 4.89 Å². The highest BCUT2D eigenvalue weighted by atomic mass is 32.1. The van der Waals surface area contributed by atoms with Crippen LogP contribution in [0.15, 0.2) is 23.7 Å². The second-order valence-corrected chi connectivity index (χ2v) is 6.93. The van der Waals surface area contributed by atoms with Gasteiger partial charge in [0.25, 0.3) is 0 Å². The zero-order valence-corrected chi connectivity index (χ0v) is 13.7. The largest absolute Gasteiger partial charge is 0.431 e. The van der Waals surface area contributed by atoms with E-state index in [1.165, 1.54) is 11.3 Å². The molecule has 2 aromatic rings. The number of anilines is 1. The first-order chi connectivity index (χ1) is 10.00. The lowest BCUT2D eigenvalue weighted by molar-refractivity contribution is 0.260. The summed E-state index contributed by atoms with van der Waals surface area (Å²) < 4.78 is 16.8. The smallest absolute Gasteiger partial charge is 0.308 e. The summed E-state index contributed by atoms with van der Waals surface area (Å²) in [5.74, 6) is 0.331. The number of hydrogen-bond donors (Lipinski definition) is 2. The number of hydrogen-bond acceptors (Lipinski definition) is 5. The standard InChI is InChI=1S/C13H18N3O3PS/c1-3-4-7-19-20(17,18)16-12-9-21-13(15-12)11-6-5-10(2)14-8-11/h5-6,8-9H,3-4,7H2,1-2H3,(H2,16,17,18). The lowest BCUT2D eigenvalue weighted by Gasteiger charge is -2.11. The van der Waals surface area contributed by atoms with Crippen molar-refractivity contribution in [2.45, 2.75) is 26.7 Å². The van der Waals surface area contributed by atoms with Crippen molar-refractivity contribution in [1.29, 1.82) is 0 Å². The van der Waals surface area contributed by atoms with Crippen LogP contribution >= 0.6 is 19.1 Å². The molecule has 2 N–H and O–H groups in total. The van der Waals surface area contributed by atoms with E-state index in [1.807, 2.05) is 26.0 Å². The lowest BCUT2D eigenvalue weighted by Crippen LogP contribution is -2.01. The molecule has 2 rings (SSSR count). The van der Waals surface area contributed by atoms with Gasteiger partial charge in [-0.1, -0.05) is 13.3 Å². The van der Waals surface area contributed by atoms with Crippen LogP contribution in [-0.4, -0.2) is 21.5 Å². The maximum atomic E-state index is 11.8. The molecule has 114 valence electrons. The highest BCUT2D eigenvalue weighted by Crippen LogP contribution is 2.42. The number of nitrogens with zero attached hydrogens (tertiary/aromatic N) is 2. The van der Waals surface area contributed by atoms with Gasteiger partial charge in [0.2, 0.25) is 0 Å². The molecule has 0 radical (unpaired) electrons. The van der Waals surface area contributed by atoms with Crippen LogP contribution in [0.4, 0.5) is 5.82 Å².